The predicted octanol–water partition coefficient (Wildman–Crippen LogP) is 4.11. The van der Waals surface area contributed by atoms with E-state index < -0.39 is 11.7 Å². The fourth-order valence-corrected chi connectivity index (χ4v) is 1.83. The van der Waals surface area contributed by atoms with E-state index in [0.29, 0.717) is 12.4 Å². The molecule has 1 aromatic carbocycles. The maximum atomic E-state index is 12.8. The lowest BCUT2D eigenvalue weighted by atomic mass is 10.2. The van der Waals surface area contributed by atoms with Gasteiger partial charge in [-0.05, 0) is 36.8 Å². The van der Waals surface area contributed by atoms with Crippen LogP contribution >= 0.6 is 0 Å². The molecule has 2 aromatic rings. The molecule has 112 valence electrons. The van der Waals surface area contributed by atoms with E-state index in [1.807, 2.05) is 6.92 Å². The van der Waals surface area contributed by atoms with Gasteiger partial charge in [0, 0.05) is 12.7 Å². The molecule has 0 amide bonds. The second-order valence-electron chi connectivity index (χ2n) is 4.36. The summed E-state index contributed by atoms with van der Waals surface area (Å²) in [5, 5.41) is 3.04. The average molecular weight is 296 g/mol. The van der Waals surface area contributed by atoms with Crippen molar-refractivity contribution in [2.75, 3.05) is 11.9 Å². The first-order chi connectivity index (χ1) is 10.0. The molecule has 6 heteroatoms. The summed E-state index contributed by atoms with van der Waals surface area (Å²) in [6, 6.07) is 8.63. The number of nitrogens with zero attached hydrogens (tertiary/aromatic N) is 1. The number of pyridine rings is 1. The van der Waals surface area contributed by atoms with Crippen molar-refractivity contribution in [3.05, 3.63) is 53.7 Å². The van der Waals surface area contributed by atoms with Crippen molar-refractivity contribution in [3.63, 3.8) is 0 Å². The third-order valence-corrected chi connectivity index (χ3v) is 2.77. The zero-order valence-corrected chi connectivity index (χ0v) is 11.4. The van der Waals surface area contributed by atoms with Crippen molar-refractivity contribution in [2.45, 2.75) is 19.7 Å². The molecule has 0 saturated heterocycles. The van der Waals surface area contributed by atoms with Gasteiger partial charge in [-0.2, -0.15) is 13.2 Å². The summed E-state index contributed by atoms with van der Waals surface area (Å²) in [6.45, 7) is 2.70. The Morgan fingerprint density at radius 2 is 1.95 bits per heavy atom. The molecule has 0 saturated carbocycles. The third kappa shape index (κ3) is 4.11. The predicted molar refractivity (Wildman–Crippen MR) is 74.2 cm³/mol. The number of alkyl halides is 3. The Hall–Kier alpha value is -2.24. The number of anilines is 1. The van der Waals surface area contributed by atoms with Crippen LogP contribution in [0.15, 0.2) is 42.6 Å². The van der Waals surface area contributed by atoms with Gasteiger partial charge in [-0.3, -0.25) is 0 Å². The molecule has 0 spiro atoms. The van der Waals surface area contributed by atoms with E-state index >= 15 is 0 Å². The number of hydrogen-bond acceptors (Lipinski definition) is 3. The molecule has 1 N–H and O–H groups in total. The Morgan fingerprint density at radius 3 is 2.67 bits per heavy atom. The second kappa shape index (κ2) is 6.47. The summed E-state index contributed by atoms with van der Waals surface area (Å²) >= 11 is 0. The zero-order valence-electron chi connectivity index (χ0n) is 11.4. The van der Waals surface area contributed by atoms with Crippen LogP contribution < -0.4 is 10.1 Å². The van der Waals surface area contributed by atoms with Crippen molar-refractivity contribution < 1.29 is 17.9 Å². The lowest BCUT2D eigenvalue weighted by molar-refractivity contribution is -0.139. The van der Waals surface area contributed by atoms with Gasteiger partial charge in [0.2, 0.25) is 0 Å². The van der Waals surface area contributed by atoms with Gasteiger partial charge in [-0.15, -0.1) is 0 Å². The SMILES string of the molecule is CCNc1cc(COc2ccccc2C(F)(F)F)ccn1. The molecular formula is C15H15F3N2O. The Morgan fingerprint density at radius 1 is 1.19 bits per heavy atom. The molecule has 0 aliphatic heterocycles. The molecule has 0 bridgehead atoms. The smallest absolute Gasteiger partial charge is 0.419 e. The van der Waals surface area contributed by atoms with Gasteiger partial charge >= 0.3 is 6.18 Å². The zero-order chi connectivity index (χ0) is 15.3. The monoisotopic (exact) mass is 296 g/mol. The van der Waals surface area contributed by atoms with Crippen LogP contribution in [0.3, 0.4) is 0 Å². The van der Waals surface area contributed by atoms with Crippen molar-refractivity contribution in [1.29, 1.82) is 0 Å². The number of hydrogen-bond donors (Lipinski definition) is 1. The van der Waals surface area contributed by atoms with Crippen LogP contribution in [-0.4, -0.2) is 11.5 Å². The summed E-state index contributed by atoms with van der Waals surface area (Å²) in [7, 11) is 0. The summed E-state index contributed by atoms with van der Waals surface area (Å²) < 4.78 is 43.8. The summed E-state index contributed by atoms with van der Waals surface area (Å²) in [5.74, 6) is 0.495. The Kier molecular flexibility index (Phi) is 4.67. The molecule has 0 atom stereocenters. The molecule has 0 aliphatic carbocycles. The van der Waals surface area contributed by atoms with Gasteiger partial charge < -0.3 is 10.1 Å². The van der Waals surface area contributed by atoms with E-state index in [-0.39, 0.29) is 12.4 Å². The first kappa shape index (κ1) is 15.2. The van der Waals surface area contributed by atoms with Crippen LogP contribution in [0.2, 0.25) is 0 Å². The van der Waals surface area contributed by atoms with Gasteiger partial charge in [0.15, 0.2) is 0 Å². The first-order valence-corrected chi connectivity index (χ1v) is 6.48. The number of para-hydroxylation sites is 1. The highest BCUT2D eigenvalue weighted by Crippen LogP contribution is 2.36. The molecule has 0 aliphatic rings. The van der Waals surface area contributed by atoms with E-state index in [1.54, 1.807) is 18.3 Å². The van der Waals surface area contributed by atoms with Gasteiger partial charge in [0.1, 0.15) is 18.2 Å². The molecule has 2 rings (SSSR count). The number of nitrogens with one attached hydrogen (secondary N) is 1. The van der Waals surface area contributed by atoms with Crippen LogP contribution in [0.1, 0.15) is 18.1 Å². The molecule has 0 unspecified atom stereocenters. The molecule has 0 radical (unpaired) electrons. The number of benzene rings is 1. The number of halogens is 3. The Bertz CT molecular complexity index is 599. The number of rotatable bonds is 5. The average Bonchev–Trinajstić information content (AvgIpc) is 2.45. The van der Waals surface area contributed by atoms with Crippen LogP contribution in [0, 0.1) is 0 Å². The largest absolute Gasteiger partial charge is 0.488 e. The molecule has 1 aromatic heterocycles. The lowest BCUT2D eigenvalue weighted by Gasteiger charge is -2.14. The quantitative estimate of drug-likeness (QED) is 0.901. The van der Waals surface area contributed by atoms with Crippen LogP contribution in [-0.2, 0) is 12.8 Å². The number of ether oxygens (including phenoxy) is 1. The van der Waals surface area contributed by atoms with Crippen LogP contribution in [0.5, 0.6) is 5.75 Å². The molecule has 3 nitrogen and oxygen atoms in total. The topological polar surface area (TPSA) is 34.1 Å². The van der Waals surface area contributed by atoms with Gasteiger partial charge in [0.25, 0.3) is 0 Å². The van der Waals surface area contributed by atoms with Gasteiger partial charge in [-0.25, -0.2) is 4.98 Å². The summed E-state index contributed by atoms with van der Waals surface area (Å²) in [6.07, 6.45) is -2.84. The standard InChI is InChI=1S/C15H15F3N2O/c1-2-19-14-9-11(7-8-20-14)10-21-13-6-4-3-5-12(13)15(16,17)18/h3-9H,2,10H2,1H3,(H,19,20). The van der Waals surface area contributed by atoms with Gasteiger partial charge in [-0.1, -0.05) is 12.1 Å². The van der Waals surface area contributed by atoms with E-state index in [2.05, 4.69) is 10.3 Å². The van der Waals surface area contributed by atoms with Gasteiger partial charge in [0.05, 0.1) is 5.56 Å². The number of aromatic nitrogens is 1. The van der Waals surface area contributed by atoms with Crippen molar-refractivity contribution in [1.82, 2.24) is 4.98 Å². The van der Waals surface area contributed by atoms with E-state index in [0.717, 1.165) is 11.6 Å². The molecular weight excluding hydrogens is 281 g/mol. The minimum absolute atomic E-state index is 0.0496. The highest BCUT2D eigenvalue weighted by Gasteiger charge is 2.33. The Labute approximate surface area is 120 Å². The molecule has 21 heavy (non-hydrogen) atoms. The molecule has 1 heterocycles. The minimum atomic E-state index is -4.43. The van der Waals surface area contributed by atoms with Crippen LogP contribution in [0.25, 0.3) is 0 Å². The first-order valence-electron chi connectivity index (χ1n) is 6.48. The van der Waals surface area contributed by atoms with E-state index in [1.165, 1.54) is 18.2 Å². The van der Waals surface area contributed by atoms with E-state index in [4.69, 9.17) is 4.74 Å². The second-order valence-corrected chi connectivity index (χ2v) is 4.36. The lowest BCUT2D eigenvalue weighted by Crippen LogP contribution is -2.08. The van der Waals surface area contributed by atoms with E-state index in [9.17, 15) is 13.2 Å². The van der Waals surface area contributed by atoms with Crippen molar-refractivity contribution >= 4 is 5.82 Å². The van der Waals surface area contributed by atoms with Crippen molar-refractivity contribution in [2.24, 2.45) is 0 Å². The fourth-order valence-electron chi connectivity index (χ4n) is 1.83. The minimum Gasteiger partial charge on any atom is -0.488 e. The fraction of sp³-hybridized carbons (Fsp3) is 0.267. The highest BCUT2D eigenvalue weighted by atomic mass is 19.4. The van der Waals surface area contributed by atoms with Crippen LogP contribution in [0.4, 0.5) is 19.0 Å². The van der Waals surface area contributed by atoms with Crippen molar-refractivity contribution in [3.8, 4) is 5.75 Å². The summed E-state index contributed by atoms with van der Waals surface area (Å²) in [4.78, 5) is 4.09. The summed E-state index contributed by atoms with van der Waals surface area (Å²) in [5.41, 5.74) is -0.0242. The normalized spacial score (nSPS) is 11.2. The maximum absolute atomic E-state index is 12.8. The Balaban J connectivity index is 2.12. The third-order valence-electron chi connectivity index (χ3n) is 2.77. The molecule has 0 fully saturated rings. The maximum Gasteiger partial charge on any atom is 0.419 e. The highest BCUT2D eigenvalue weighted by molar-refractivity contribution is 5.38.